The minimum absolute atomic E-state index is 0.0643. The van der Waals surface area contributed by atoms with Gasteiger partial charge in [0.2, 0.25) is 0 Å². The quantitative estimate of drug-likeness (QED) is 0.439. The molecule has 0 aliphatic heterocycles. The van der Waals surface area contributed by atoms with Gasteiger partial charge in [-0.05, 0) is 43.3 Å². The highest BCUT2D eigenvalue weighted by Gasteiger charge is 2.19. The third-order valence-electron chi connectivity index (χ3n) is 3.84. The molecule has 0 aliphatic carbocycles. The fraction of sp³-hybridized carbons (Fsp3) is 0.158. The van der Waals surface area contributed by atoms with Gasteiger partial charge in [0, 0.05) is 23.2 Å². The number of hydrogen-bond acceptors (Lipinski definition) is 6. The van der Waals surface area contributed by atoms with Gasteiger partial charge in [0.15, 0.2) is 6.61 Å². The van der Waals surface area contributed by atoms with Gasteiger partial charge in [0.25, 0.3) is 11.6 Å². The van der Waals surface area contributed by atoms with Crippen molar-refractivity contribution >= 4 is 28.6 Å². The van der Waals surface area contributed by atoms with Crippen molar-refractivity contribution in [3.05, 3.63) is 80.5 Å². The molecule has 0 radical (unpaired) electrons. The van der Waals surface area contributed by atoms with Crippen LogP contribution in [0, 0.1) is 22.9 Å². The van der Waals surface area contributed by atoms with E-state index in [0.29, 0.717) is 11.4 Å². The van der Waals surface area contributed by atoms with Gasteiger partial charge >= 0.3 is 0 Å². The summed E-state index contributed by atoms with van der Waals surface area (Å²) in [7, 11) is 0. The number of carbonyl (C=O) groups excluding carboxylic acids is 1. The number of nitro groups is 1. The Hall–Kier alpha value is -3.33. The molecule has 0 N–H and O–H groups in total. The molecule has 1 heterocycles. The van der Waals surface area contributed by atoms with Crippen LogP contribution in [0.1, 0.15) is 10.7 Å². The molecular weight excluding hydrogens is 385 g/mol. The van der Waals surface area contributed by atoms with Crippen molar-refractivity contribution in [1.82, 2.24) is 4.98 Å². The molecule has 0 saturated heterocycles. The average molecular weight is 401 g/mol. The van der Waals surface area contributed by atoms with Gasteiger partial charge in [0.1, 0.15) is 11.6 Å². The van der Waals surface area contributed by atoms with E-state index < -0.39 is 10.7 Å². The van der Waals surface area contributed by atoms with Crippen LogP contribution in [0.15, 0.2) is 53.9 Å². The number of halogens is 1. The van der Waals surface area contributed by atoms with Crippen molar-refractivity contribution in [2.45, 2.75) is 13.5 Å². The van der Waals surface area contributed by atoms with Crippen LogP contribution >= 0.6 is 11.3 Å². The first-order valence-corrected chi connectivity index (χ1v) is 9.14. The van der Waals surface area contributed by atoms with Crippen LogP contribution in [0.2, 0.25) is 0 Å². The Morgan fingerprint density at radius 2 is 1.89 bits per heavy atom. The van der Waals surface area contributed by atoms with Gasteiger partial charge in [-0.3, -0.25) is 14.9 Å². The van der Waals surface area contributed by atoms with Crippen LogP contribution in [-0.4, -0.2) is 22.4 Å². The zero-order valence-corrected chi connectivity index (χ0v) is 15.7. The van der Waals surface area contributed by atoms with Crippen molar-refractivity contribution in [3.8, 4) is 5.75 Å². The van der Waals surface area contributed by atoms with E-state index in [-0.39, 0.29) is 24.7 Å². The maximum atomic E-state index is 13.3. The molecule has 144 valence electrons. The number of rotatable bonds is 7. The second kappa shape index (κ2) is 8.57. The van der Waals surface area contributed by atoms with E-state index in [0.717, 1.165) is 10.7 Å². The molecule has 0 fully saturated rings. The number of aromatic nitrogens is 1. The molecule has 0 unspecified atom stereocenters. The van der Waals surface area contributed by atoms with Gasteiger partial charge in [-0.2, -0.15) is 0 Å². The predicted octanol–water partition coefficient (Wildman–Crippen LogP) is 4.11. The number of non-ortho nitro benzene ring substituents is 1. The molecule has 0 atom stereocenters. The van der Waals surface area contributed by atoms with Crippen LogP contribution in [0.4, 0.5) is 15.8 Å². The molecule has 2 aromatic carbocycles. The van der Waals surface area contributed by atoms with Crippen LogP contribution in [-0.2, 0) is 11.3 Å². The summed E-state index contributed by atoms with van der Waals surface area (Å²) in [5.74, 6) is -0.416. The Kier molecular flexibility index (Phi) is 5.95. The zero-order valence-electron chi connectivity index (χ0n) is 14.9. The average Bonchev–Trinajstić information content (AvgIpc) is 3.10. The van der Waals surface area contributed by atoms with Crippen molar-refractivity contribution in [2.75, 3.05) is 11.5 Å². The summed E-state index contributed by atoms with van der Waals surface area (Å²) in [4.78, 5) is 28.8. The van der Waals surface area contributed by atoms with E-state index in [4.69, 9.17) is 4.74 Å². The Bertz CT molecular complexity index is 974. The number of ether oxygens (including phenoxy) is 1. The monoisotopic (exact) mass is 401 g/mol. The summed E-state index contributed by atoms with van der Waals surface area (Å²) < 4.78 is 18.7. The molecule has 9 heteroatoms. The van der Waals surface area contributed by atoms with Crippen LogP contribution in [0.5, 0.6) is 5.75 Å². The highest BCUT2D eigenvalue weighted by molar-refractivity contribution is 7.09. The van der Waals surface area contributed by atoms with Crippen LogP contribution < -0.4 is 9.64 Å². The van der Waals surface area contributed by atoms with Gasteiger partial charge in [-0.1, -0.05) is 0 Å². The minimum atomic E-state index is -0.513. The summed E-state index contributed by atoms with van der Waals surface area (Å²) in [6, 6.07) is 11.0. The van der Waals surface area contributed by atoms with E-state index in [2.05, 4.69) is 4.98 Å². The van der Waals surface area contributed by atoms with Gasteiger partial charge in [-0.15, -0.1) is 11.3 Å². The second-order valence-electron chi connectivity index (χ2n) is 5.85. The lowest BCUT2D eigenvalue weighted by Crippen LogP contribution is -2.34. The number of benzene rings is 2. The van der Waals surface area contributed by atoms with Crippen molar-refractivity contribution in [3.63, 3.8) is 0 Å². The first-order valence-electron chi connectivity index (χ1n) is 8.26. The van der Waals surface area contributed by atoms with Crippen molar-refractivity contribution in [2.24, 2.45) is 0 Å². The summed E-state index contributed by atoms with van der Waals surface area (Å²) in [6.45, 7) is 1.81. The summed E-state index contributed by atoms with van der Waals surface area (Å²) in [5.41, 5.74) is 1.17. The lowest BCUT2D eigenvalue weighted by Gasteiger charge is -2.22. The number of hydrogen-bond donors (Lipinski definition) is 0. The van der Waals surface area contributed by atoms with Gasteiger partial charge in [-0.25, -0.2) is 9.37 Å². The number of amides is 1. The lowest BCUT2D eigenvalue weighted by atomic mass is 10.2. The normalized spacial score (nSPS) is 10.5. The van der Waals surface area contributed by atoms with Gasteiger partial charge in [0.05, 0.1) is 22.2 Å². The van der Waals surface area contributed by atoms with Crippen molar-refractivity contribution < 1.29 is 18.8 Å². The van der Waals surface area contributed by atoms with E-state index in [9.17, 15) is 19.3 Å². The Labute approximate surface area is 164 Å². The fourth-order valence-electron chi connectivity index (χ4n) is 2.47. The fourth-order valence-corrected chi connectivity index (χ4v) is 3.08. The topological polar surface area (TPSA) is 85.6 Å². The molecule has 0 bridgehead atoms. The molecular formula is C19H16FN3O4S. The molecule has 1 aromatic heterocycles. The highest BCUT2D eigenvalue weighted by atomic mass is 32.1. The Balaban J connectivity index is 1.73. The van der Waals surface area contributed by atoms with Gasteiger partial charge < -0.3 is 9.64 Å². The first kappa shape index (κ1) is 19.4. The largest absolute Gasteiger partial charge is 0.484 e. The highest BCUT2D eigenvalue weighted by Crippen LogP contribution is 2.21. The predicted molar refractivity (Wildman–Crippen MR) is 103 cm³/mol. The number of nitrogens with zero attached hydrogens (tertiary/aromatic N) is 3. The molecule has 0 aliphatic rings. The molecule has 0 saturated carbocycles. The number of thiazole rings is 1. The van der Waals surface area contributed by atoms with Crippen molar-refractivity contribution in [1.29, 1.82) is 0 Å². The molecule has 28 heavy (non-hydrogen) atoms. The lowest BCUT2D eigenvalue weighted by molar-refractivity contribution is -0.384. The number of nitro benzene ring substituents is 1. The summed E-state index contributed by atoms with van der Waals surface area (Å²) >= 11 is 1.47. The van der Waals surface area contributed by atoms with E-state index in [1.165, 1.54) is 64.8 Å². The number of aryl methyl sites for hydroxylation is 1. The van der Waals surface area contributed by atoms with E-state index >= 15 is 0 Å². The molecule has 1 amide bonds. The maximum Gasteiger partial charge on any atom is 0.269 e. The minimum Gasteiger partial charge on any atom is -0.484 e. The zero-order chi connectivity index (χ0) is 20.1. The summed E-state index contributed by atoms with van der Waals surface area (Å²) in [5, 5.41) is 13.4. The Morgan fingerprint density at radius 1 is 1.21 bits per heavy atom. The SMILES string of the molecule is Cc1nc(CN(C(=O)COc2ccc([N+](=O)[O-])cc2)c2ccc(F)cc2)cs1. The Morgan fingerprint density at radius 3 is 2.46 bits per heavy atom. The smallest absolute Gasteiger partial charge is 0.269 e. The standard InChI is InChI=1S/C19H16FN3O4S/c1-13-21-15(12-28-13)10-22(16-4-2-14(20)3-5-16)19(24)11-27-18-8-6-17(7-9-18)23(25)26/h2-9,12H,10-11H2,1H3. The third-order valence-corrected chi connectivity index (χ3v) is 4.66. The van der Waals surface area contributed by atoms with Crippen LogP contribution in [0.25, 0.3) is 0 Å². The molecule has 3 rings (SSSR count). The molecule has 0 spiro atoms. The first-order chi connectivity index (χ1) is 13.4. The number of carbonyl (C=O) groups is 1. The molecule has 7 nitrogen and oxygen atoms in total. The van der Waals surface area contributed by atoms with E-state index in [1.54, 1.807) is 0 Å². The third kappa shape index (κ3) is 4.89. The number of anilines is 1. The molecule has 3 aromatic rings. The second-order valence-corrected chi connectivity index (χ2v) is 6.92. The summed E-state index contributed by atoms with van der Waals surface area (Å²) in [6.07, 6.45) is 0. The van der Waals surface area contributed by atoms with Crippen LogP contribution in [0.3, 0.4) is 0 Å². The maximum absolute atomic E-state index is 13.3. The van der Waals surface area contributed by atoms with E-state index in [1.807, 2.05) is 12.3 Å².